The van der Waals surface area contributed by atoms with Gasteiger partial charge in [0.2, 0.25) is 6.54 Å². The van der Waals surface area contributed by atoms with Crippen LogP contribution < -0.4 is 0 Å². The van der Waals surface area contributed by atoms with Crippen molar-refractivity contribution in [2.24, 2.45) is 0 Å². The van der Waals surface area contributed by atoms with Crippen LogP contribution in [0.2, 0.25) is 0 Å². The predicted molar refractivity (Wildman–Crippen MR) is 46.6 cm³/mol. The van der Waals surface area contributed by atoms with E-state index in [-0.39, 0.29) is 4.48 Å². The third kappa shape index (κ3) is 1.84. The maximum absolute atomic E-state index is 10.8. The zero-order valence-electron chi connectivity index (χ0n) is 5.62. The van der Waals surface area contributed by atoms with Crippen molar-refractivity contribution in [2.45, 2.75) is 6.10 Å². The van der Waals surface area contributed by atoms with Gasteiger partial charge in [0.25, 0.3) is 0 Å². The largest absolute Gasteiger partial charge is 0.446 e. The van der Waals surface area contributed by atoms with Crippen LogP contribution in [-0.2, 0) is 9.53 Å². The summed E-state index contributed by atoms with van der Waals surface area (Å²) in [6, 6.07) is 0. The molecule has 0 aliphatic carbocycles. The molecule has 0 aromatic heterocycles. The smallest absolute Gasteiger partial charge is 0.347 e. The summed E-state index contributed by atoms with van der Waals surface area (Å²) in [4.78, 5) is 20.3. The minimum absolute atomic E-state index is 0.217. The van der Waals surface area contributed by atoms with Crippen LogP contribution in [0, 0.1) is 10.1 Å². The molecule has 1 rings (SSSR count). The Morgan fingerprint density at radius 1 is 1.58 bits per heavy atom. The van der Waals surface area contributed by atoms with E-state index in [0.717, 1.165) is 0 Å². The standard InChI is InChI=1S/C5H3Br2NO4/c6-3-2(1-8(10)11)12-5(9)4(3)7/h2H,1H2. The number of halogens is 2. The van der Waals surface area contributed by atoms with Gasteiger partial charge >= 0.3 is 5.97 Å². The summed E-state index contributed by atoms with van der Waals surface area (Å²) in [5.41, 5.74) is 0. The maximum Gasteiger partial charge on any atom is 0.347 e. The van der Waals surface area contributed by atoms with Gasteiger partial charge in [0.05, 0.1) is 4.48 Å². The quantitative estimate of drug-likeness (QED) is 0.436. The first-order valence-electron chi connectivity index (χ1n) is 2.90. The Bertz CT molecular complexity index is 275. The molecule has 0 aromatic carbocycles. The van der Waals surface area contributed by atoms with Crippen LogP contribution in [0.5, 0.6) is 0 Å². The van der Waals surface area contributed by atoms with Crippen LogP contribution in [0.15, 0.2) is 8.96 Å². The van der Waals surface area contributed by atoms with Gasteiger partial charge in [0.15, 0.2) is 6.10 Å². The monoisotopic (exact) mass is 299 g/mol. The number of rotatable bonds is 2. The van der Waals surface area contributed by atoms with Gasteiger partial charge in [-0.25, -0.2) is 4.79 Å². The lowest BCUT2D eigenvalue weighted by Gasteiger charge is -2.03. The van der Waals surface area contributed by atoms with Crippen LogP contribution in [0.1, 0.15) is 0 Å². The topological polar surface area (TPSA) is 69.4 Å². The Morgan fingerprint density at radius 2 is 2.17 bits per heavy atom. The lowest BCUT2D eigenvalue weighted by Crippen LogP contribution is -2.20. The van der Waals surface area contributed by atoms with E-state index in [4.69, 9.17) is 0 Å². The van der Waals surface area contributed by atoms with Crippen molar-refractivity contribution in [1.29, 1.82) is 0 Å². The average molecular weight is 301 g/mol. The van der Waals surface area contributed by atoms with E-state index in [2.05, 4.69) is 36.6 Å². The summed E-state index contributed by atoms with van der Waals surface area (Å²) in [5.74, 6) is -0.575. The fourth-order valence-electron chi connectivity index (χ4n) is 0.724. The molecule has 1 aliphatic heterocycles. The number of esters is 1. The lowest BCUT2D eigenvalue weighted by molar-refractivity contribution is -0.487. The Hall–Kier alpha value is -0.430. The Labute approximate surface area is 84.2 Å². The van der Waals surface area contributed by atoms with Gasteiger partial charge in [0, 0.05) is 4.92 Å². The Morgan fingerprint density at radius 3 is 2.50 bits per heavy atom. The summed E-state index contributed by atoms with van der Waals surface area (Å²) >= 11 is 5.96. The minimum Gasteiger partial charge on any atom is -0.446 e. The van der Waals surface area contributed by atoms with Crippen molar-refractivity contribution in [1.82, 2.24) is 0 Å². The summed E-state index contributed by atoms with van der Waals surface area (Å²) in [5, 5.41) is 10.1. The predicted octanol–water partition coefficient (Wildman–Crippen LogP) is 1.19. The number of ether oxygens (including phenoxy) is 1. The van der Waals surface area contributed by atoms with E-state index in [9.17, 15) is 14.9 Å². The van der Waals surface area contributed by atoms with Gasteiger partial charge in [0.1, 0.15) is 4.48 Å². The van der Waals surface area contributed by atoms with Crippen LogP contribution >= 0.6 is 31.9 Å². The number of cyclic esters (lactones) is 1. The number of hydrogen-bond acceptors (Lipinski definition) is 4. The molecule has 0 aromatic rings. The number of carbonyl (C=O) groups is 1. The number of hydrogen-bond donors (Lipinski definition) is 0. The van der Waals surface area contributed by atoms with Crippen LogP contribution in [0.4, 0.5) is 0 Å². The molecule has 1 heterocycles. The number of carbonyl (C=O) groups excluding carboxylic acids is 1. The minimum atomic E-state index is -0.790. The van der Waals surface area contributed by atoms with E-state index < -0.39 is 23.5 Å². The van der Waals surface area contributed by atoms with Crippen molar-refractivity contribution < 1.29 is 14.5 Å². The number of nitrogens with zero attached hydrogens (tertiary/aromatic N) is 1. The second kappa shape index (κ2) is 3.53. The first-order chi connectivity index (χ1) is 5.52. The van der Waals surface area contributed by atoms with Gasteiger partial charge in [-0.05, 0) is 31.9 Å². The molecular formula is C5H3Br2NO4. The molecule has 12 heavy (non-hydrogen) atoms. The highest BCUT2D eigenvalue weighted by molar-refractivity contribution is 9.14. The summed E-state index contributed by atoms with van der Waals surface area (Å²) < 4.78 is 5.26. The van der Waals surface area contributed by atoms with Crippen LogP contribution in [0.25, 0.3) is 0 Å². The molecule has 0 saturated carbocycles. The van der Waals surface area contributed by atoms with Crippen molar-refractivity contribution in [2.75, 3.05) is 6.54 Å². The normalized spacial score (nSPS) is 22.8. The van der Waals surface area contributed by atoms with Crippen LogP contribution in [0.3, 0.4) is 0 Å². The molecule has 0 bridgehead atoms. The highest BCUT2D eigenvalue weighted by atomic mass is 79.9. The van der Waals surface area contributed by atoms with Crippen molar-refractivity contribution >= 4 is 37.8 Å². The molecule has 1 unspecified atom stereocenters. The van der Waals surface area contributed by atoms with E-state index >= 15 is 0 Å². The lowest BCUT2D eigenvalue weighted by atomic mass is 10.3. The van der Waals surface area contributed by atoms with Gasteiger partial charge in [-0.1, -0.05) is 0 Å². The Kier molecular flexibility index (Phi) is 2.84. The molecule has 0 saturated heterocycles. The SMILES string of the molecule is O=C1OC(C[N+](=O)[O-])C(Br)=C1Br. The number of nitro groups is 1. The fourth-order valence-corrected chi connectivity index (χ4v) is 1.47. The van der Waals surface area contributed by atoms with Gasteiger partial charge in [-0.15, -0.1) is 0 Å². The highest BCUT2D eigenvalue weighted by Gasteiger charge is 2.34. The third-order valence-corrected chi connectivity index (χ3v) is 3.43. The molecule has 0 amide bonds. The molecule has 1 atom stereocenters. The van der Waals surface area contributed by atoms with Gasteiger partial charge < -0.3 is 4.74 Å². The zero-order valence-corrected chi connectivity index (χ0v) is 8.79. The molecule has 7 heteroatoms. The van der Waals surface area contributed by atoms with E-state index in [1.54, 1.807) is 0 Å². The van der Waals surface area contributed by atoms with E-state index in [1.165, 1.54) is 0 Å². The molecule has 0 N–H and O–H groups in total. The summed E-state index contributed by atoms with van der Waals surface area (Å²) in [6.45, 7) is -0.415. The summed E-state index contributed by atoms with van der Waals surface area (Å²) in [7, 11) is 0. The maximum atomic E-state index is 10.8. The molecule has 1 aliphatic rings. The van der Waals surface area contributed by atoms with Crippen molar-refractivity contribution in [3.63, 3.8) is 0 Å². The van der Waals surface area contributed by atoms with E-state index in [1.807, 2.05) is 0 Å². The Balaban J connectivity index is 2.73. The first-order valence-corrected chi connectivity index (χ1v) is 4.49. The fraction of sp³-hybridized carbons (Fsp3) is 0.400. The molecular weight excluding hydrogens is 298 g/mol. The molecule has 0 fully saturated rings. The second-order valence-corrected chi connectivity index (χ2v) is 3.72. The second-order valence-electron chi connectivity index (χ2n) is 2.07. The molecule has 0 radical (unpaired) electrons. The van der Waals surface area contributed by atoms with E-state index in [0.29, 0.717) is 4.48 Å². The van der Waals surface area contributed by atoms with Gasteiger partial charge in [-0.2, -0.15) is 0 Å². The first kappa shape index (κ1) is 9.66. The van der Waals surface area contributed by atoms with Gasteiger partial charge in [-0.3, -0.25) is 10.1 Å². The van der Waals surface area contributed by atoms with Crippen molar-refractivity contribution in [3.05, 3.63) is 19.1 Å². The highest BCUT2D eigenvalue weighted by Crippen LogP contribution is 2.31. The van der Waals surface area contributed by atoms with Crippen LogP contribution in [-0.4, -0.2) is 23.5 Å². The average Bonchev–Trinajstić information content (AvgIpc) is 2.17. The third-order valence-electron chi connectivity index (χ3n) is 1.24. The van der Waals surface area contributed by atoms with Crippen molar-refractivity contribution in [3.8, 4) is 0 Å². The zero-order chi connectivity index (χ0) is 9.30. The molecule has 5 nitrogen and oxygen atoms in total. The summed E-state index contributed by atoms with van der Waals surface area (Å²) in [6.07, 6.45) is -0.790. The molecule has 0 spiro atoms. The molecule has 66 valence electrons.